The summed E-state index contributed by atoms with van der Waals surface area (Å²) >= 11 is 5.91. The standard InChI is InChI=1S/C15H15ClN2O4S/c1-22-13-5-7-14(8-6-13)23(20,21)18(10-15(17)19)12-4-2-3-11(16)9-12/h2-9H,10H2,1H3,(H2,17,19). The Bertz CT molecular complexity index is 806. The lowest BCUT2D eigenvalue weighted by Gasteiger charge is -2.23. The third kappa shape index (κ3) is 3.94. The summed E-state index contributed by atoms with van der Waals surface area (Å²) in [6.07, 6.45) is 0. The summed E-state index contributed by atoms with van der Waals surface area (Å²) in [5, 5.41) is 0.349. The summed E-state index contributed by atoms with van der Waals surface area (Å²) in [4.78, 5) is 11.3. The maximum absolute atomic E-state index is 12.8. The van der Waals surface area contributed by atoms with Crippen molar-refractivity contribution in [1.29, 1.82) is 0 Å². The number of methoxy groups -OCH3 is 1. The van der Waals surface area contributed by atoms with E-state index in [1.54, 1.807) is 12.1 Å². The Labute approximate surface area is 139 Å². The van der Waals surface area contributed by atoms with Gasteiger partial charge in [-0.25, -0.2) is 8.42 Å². The molecule has 2 aromatic carbocycles. The van der Waals surface area contributed by atoms with E-state index >= 15 is 0 Å². The van der Waals surface area contributed by atoms with Crippen LogP contribution in [0.4, 0.5) is 5.69 Å². The normalized spacial score (nSPS) is 11.0. The molecule has 1 amide bonds. The van der Waals surface area contributed by atoms with Crippen molar-refractivity contribution < 1.29 is 17.9 Å². The van der Waals surface area contributed by atoms with E-state index in [4.69, 9.17) is 22.1 Å². The van der Waals surface area contributed by atoms with Gasteiger partial charge in [-0.05, 0) is 42.5 Å². The summed E-state index contributed by atoms with van der Waals surface area (Å²) < 4.78 is 31.6. The van der Waals surface area contributed by atoms with Gasteiger partial charge in [-0.15, -0.1) is 0 Å². The first-order valence-electron chi connectivity index (χ1n) is 6.55. The first-order valence-corrected chi connectivity index (χ1v) is 8.37. The monoisotopic (exact) mass is 354 g/mol. The maximum atomic E-state index is 12.8. The van der Waals surface area contributed by atoms with Gasteiger partial charge in [-0.2, -0.15) is 0 Å². The highest BCUT2D eigenvalue weighted by atomic mass is 35.5. The number of halogens is 1. The maximum Gasteiger partial charge on any atom is 0.264 e. The predicted molar refractivity (Wildman–Crippen MR) is 88.2 cm³/mol. The van der Waals surface area contributed by atoms with Gasteiger partial charge in [0.1, 0.15) is 12.3 Å². The summed E-state index contributed by atoms with van der Waals surface area (Å²) in [6.45, 7) is -0.491. The van der Waals surface area contributed by atoms with Crippen molar-refractivity contribution in [2.24, 2.45) is 5.73 Å². The number of nitrogens with zero attached hydrogens (tertiary/aromatic N) is 1. The lowest BCUT2D eigenvalue weighted by molar-refractivity contribution is -0.116. The molecule has 8 heteroatoms. The van der Waals surface area contributed by atoms with Crippen molar-refractivity contribution in [3.8, 4) is 5.75 Å². The number of rotatable bonds is 6. The quantitative estimate of drug-likeness (QED) is 0.859. The minimum absolute atomic E-state index is 0.0134. The van der Waals surface area contributed by atoms with E-state index in [0.717, 1.165) is 4.31 Å². The number of benzene rings is 2. The van der Waals surface area contributed by atoms with Crippen LogP contribution in [0.15, 0.2) is 53.4 Å². The van der Waals surface area contributed by atoms with Gasteiger partial charge >= 0.3 is 0 Å². The Morgan fingerprint density at radius 3 is 2.39 bits per heavy atom. The molecule has 0 unspecified atom stereocenters. The SMILES string of the molecule is COc1ccc(S(=O)(=O)N(CC(N)=O)c2cccc(Cl)c2)cc1. The van der Waals surface area contributed by atoms with Crippen molar-refractivity contribution in [1.82, 2.24) is 0 Å². The number of sulfonamides is 1. The minimum atomic E-state index is -3.97. The number of hydrogen-bond donors (Lipinski definition) is 1. The van der Waals surface area contributed by atoms with Crippen LogP contribution in [0.2, 0.25) is 5.02 Å². The number of carbonyl (C=O) groups is 1. The van der Waals surface area contributed by atoms with Gasteiger partial charge in [0.15, 0.2) is 0 Å². The molecule has 0 spiro atoms. The Morgan fingerprint density at radius 1 is 1.22 bits per heavy atom. The summed E-state index contributed by atoms with van der Waals surface area (Å²) in [6, 6.07) is 12.0. The smallest absolute Gasteiger partial charge is 0.264 e. The van der Waals surface area contributed by atoms with Crippen LogP contribution >= 0.6 is 11.6 Å². The summed E-state index contributed by atoms with van der Waals surface area (Å²) in [7, 11) is -2.49. The second-order valence-corrected chi connectivity index (χ2v) is 6.93. The molecule has 0 aliphatic carbocycles. The third-order valence-corrected chi connectivity index (χ3v) is 5.07. The van der Waals surface area contributed by atoms with Crippen LogP contribution in [0, 0.1) is 0 Å². The molecule has 122 valence electrons. The molecule has 0 heterocycles. The van der Waals surface area contributed by atoms with Crippen LogP contribution in [0.5, 0.6) is 5.75 Å². The van der Waals surface area contributed by atoms with Gasteiger partial charge in [0.25, 0.3) is 10.0 Å². The molecular weight excluding hydrogens is 340 g/mol. The van der Waals surface area contributed by atoms with Crippen LogP contribution in [-0.2, 0) is 14.8 Å². The van der Waals surface area contributed by atoms with E-state index in [0.29, 0.717) is 10.8 Å². The summed E-state index contributed by atoms with van der Waals surface area (Å²) in [5.41, 5.74) is 5.45. The number of amides is 1. The van der Waals surface area contributed by atoms with Crippen molar-refractivity contribution in [3.63, 3.8) is 0 Å². The van der Waals surface area contributed by atoms with Crippen LogP contribution < -0.4 is 14.8 Å². The lowest BCUT2D eigenvalue weighted by atomic mass is 10.3. The van der Waals surface area contributed by atoms with E-state index < -0.39 is 22.5 Å². The first-order chi connectivity index (χ1) is 10.8. The molecule has 0 atom stereocenters. The van der Waals surface area contributed by atoms with Crippen LogP contribution in [0.1, 0.15) is 0 Å². The number of anilines is 1. The molecule has 0 aliphatic heterocycles. The minimum Gasteiger partial charge on any atom is -0.497 e. The largest absolute Gasteiger partial charge is 0.497 e. The molecule has 2 rings (SSSR count). The summed E-state index contributed by atoms with van der Waals surface area (Å²) in [5.74, 6) is -0.254. The zero-order chi connectivity index (χ0) is 17.0. The fourth-order valence-corrected chi connectivity index (χ4v) is 3.57. The molecule has 0 bridgehead atoms. The topological polar surface area (TPSA) is 89.7 Å². The van der Waals surface area contributed by atoms with Gasteiger partial charge in [0.2, 0.25) is 5.91 Å². The van der Waals surface area contributed by atoms with Crippen molar-refractivity contribution >= 4 is 33.2 Å². The third-order valence-electron chi connectivity index (χ3n) is 3.04. The molecule has 23 heavy (non-hydrogen) atoms. The zero-order valence-electron chi connectivity index (χ0n) is 12.3. The Morgan fingerprint density at radius 2 is 1.87 bits per heavy atom. The fraction of sp³-hybridized carbons (Fsp3) is 0.133. The average molecular weight is 355 g/mol. The second-order valence-electron chi connectivity index (χ2n) is 4.63. The van der Waals surface area contributed by atoms with Crippen LogP contribution in [0.25, 0.3) is 0 Å². The first kappa shape index (κ1) is 17.1. The van der Waals surface area contributed by atoms with E-state index in [1.807, 2.05) is 0 Å². The highest BCUT2D eigenvalue weighted by Gasteiger charge is 2.26. The molecule has 0 aromatic heterocycles. The predicted octanol–water partition coefficient (Wildman–Crippen LogP) is 2.03. The van der Waals surface area contributed by atoms with E-state index in [-0.39, 0.29) is 10.6 Å². The molecular formula is C15H15ClN2O4S. The fourth-order valence-electron chi connectivity index (χ4n) is 1.96. The molecule has 0 saturated carbocycles. The Hall–Kier alpha value is -2.25. The molecule has 2 aromatic rings. The Balaban J connectivity index is 2.50. The molecule has 0 fully saturated rings. The highest BCUT2D eigenvalue weighted by molar-refractivity contribution is 7.92. The lowest BCUT2D eigenvalue weighted by Crippen LogP contribution is -2.38. The zero-order valence-corrected chi connectivity index (χ0v) is 13.8. The van der Waals surface area contributed by atoms with Crippen molar-refractivity contribution in [3.05, 3.63) is 53.6 Å². The molecule has 0 radical (unpaired) electrons. The Kier molecular flexibility index (Phi) is 5.12. The van der Waals surface area contributed by atoms with Gasteiger partial charge in [-0.1, -0.05) is 17.7 Å². The number of carbonyl (C=O) groups excluding carboxylic acids is 1. The number of nitrogens with two attached hydrogens (primary N) is 1. The van der Waals surface area contributed by atoms with Crippen molar-refractivity contribution in [2.45, 2.75) is 4.90 Å². The number of hydrogen-bond acceptors (Lipinski definition) is 4. The van der Waals surface area contributed by atoms with Gasteiger partial charge < -0.3 is 10.5 Å². The number of primary amides is 1. The molecule has 0 saturated heterocycles. The van der Waals surface area contributed by atoms with E-state index in [2.05, 4.69) is 0 Å². The molecule has 2 N–H and O–H groups in total. The molecule has 6 nitrogen and oxygen atoms in total. The molecule has 0 aliphatic rings. The highest BCUT2D eigenvalue weighted by Crippen LogP contribution is 2.26. The van der Waals surface area contributed by atoms with Gasteiger partial charge in [0, 0.05) is 5.02 Å². The van der Waals surface area contributed by atoms with Gasteiger partial charge in [0.05, 0.1) is 17.7 Å². The van der Waals surface area contributed by atoms with E-state index in [1.165, 1.54) is 43.5 Å². The van der Waals surface area contributed by atoms with Crippen LogP contribution in [0.3, 0.4) is 0 Å². The van der Waals surface area contributed by atoms with Crippen molar-refractivity contribution in [2.75, 3.05) is 18.0 Å². The average Bonchev–Trinajstić information content (AvgIpc) is 2.52. The van der Waals surface area contributed by atoms with Crippen LogP contribution in [-0.4, -0.2) is 28.0 Å². The van der Waals surface area contributed by atoms with Gasteiger partial charge in [-0.3, -0.25) is 9.10 Å². The number of ether oxygens (including phenoxy) is 1. The second kappa shape index (κ2) is 6.89. The van der Waals surface area contributed by atoms with E-state index in [9.17, 15) is 13.2 Å².